The molecule has 1 atom stereocenters. The lowest BCUT2D eigenvalue weighted by Crippen LogP contribution is -2.09. The molecule has 1 aromatic carbocycles. The van der Waals surface area contributed by atoms with Crippen LogP contribution in [0.15, 0.2) is 28.8 Å². The summed E-state index contributed by atoms with van der Waals surface area (Å²) in [5.41, 5.74) is 10.4. The zero-order valence-corrected chi connectivity index (χ0v) is 9.94. The molecule has 1 unspecified atom stereocenters. The zero-order valence-electron chi connectivity index (χ0n) is 9.94. The highest BCUT2D eigenvalue weighted by Crippen LogP contribution is 2.39. The number of aromatic nitrogens is 1. The molecular weight excluding hydrogens is 212 g/mol. The van der Waals surface area contributed by atoms with Gasteiger partial charge in [-0.05, 0) is 26.0 Å². The van der Waals surface area contributed by atoms with Crippen molar-refractivity contribution in [1.82, 2.24) is 5.16 Å². The van der Waals surface area contributed by atoms with Gasteiger partial charge in [0.2, 0.25) is 0 Å². The highest BCUT2D eigenvalue weighted by atomic mass is 16.5. The second-order valence-corrected chi connectivity index (χ2v) is 4.71. The first-order valence-corrected chi connectivity index (χ1v) is 6.05. The minimum Gasteiger partial charge on any atom is -0.360 e. The van der Waals surface area contributed by atoms with E-state index in [1.807, 2.05) is 0 Å². The van der Waals surface area contributed by atoms with Gasteiger partial charge in [-0.3, -0.25) is 0 Å². The molecule has 1 aromatic heterocycles. The van der Waals surface area contributed by atoms with Crippen LogP contribution in [0.1, 0.15) is 29.2 Å². The van der Waals surface area contributed by atoms with Crippen LogP contribution in [-0.4, -0.2) is 11.7 Å². The predicted octanol–water partition coefficient (Wildman–Crippen LogP) is 2.64. The Morgan fingerprint density at radius 1 is 1.47 bits per heavy atom. The van der Waals surface area contributed by atoms with Gasteiger partial charge in [0.15, 0.2) is 0 Å². The molecule has 0 radical (unpaired) electrons. The molecule has 0 saturated carbocycles. The van der Waals surface area contributed by atoms with Gasteiger partial charge in [-0.1, -0.05) is 28.9 Å². The van der Waals surface area contributed by atoms with E-state index in [-0.39, 0.29) is 0 Å². The number of aryl methyl sites for hydroxylation is 2. The summed E-state index contributed by atoms with van der Waals surface area (Å²) >= 11 is 0. The second-order valence-electron chi connectivity index (χ2n) is 4.71. The Morgan fingerprint density at radius 2 is 2.35 bits per heavy atom. The smallest absolute Gasteiger partial charge is 0.140 e. The molecule has 1 aliphatic carbocycles. The summed E-state index contributed by atoms with van der Waals surface area (Å²) in [6, 6.07) is 8.36. The molecule has 1 aliphatic rings. The molecule has 0 fully saturated rings. The highest BCUT2D eigenvalue weighted by molar-refractivity contribution is 5.65. The molecule has 0 amide bonds. The summed E-state index contributed by atoms with van der Waals surface area (Å²) in [4.78, 5) is 0. The van der Waals surface area contributed by atoms with Gasteiger partial charge < -0.3 is 10.3 Å². The third-order valence-electron chi connectivity index (χ3n) is 3.51. The number of benzene rings is 1. The molecule has 2 aromatic rings. The van der Waals surface area contributed by atoms with Crippen molar-refractivity contribution in [3.8, 4) is 11.3 Å². The summed E-state index contributed by atoms with van der Waals surface area (Å²) in [6.07, 6.45) is 2.06. The van der Waals surface area contributed by atoms with Crippen molar-refractivity contribution < 1.29 is 4.52 Å². The Bertz CT molecular complexity index is 545. The SMILES string of the molecule is Cc1cccc(-c2noc3c2C(CN)CC3)c1. The summed E-state index contributed by atoms with van der Waals surface area (Å²) in [6.45, 7) is 2.76. The molecule has 1 heterocycles. The van der Waals surface area contributed by atoms with Crippen molar-refractivity contribution in [1.29, 1.82) is 0 Å². The fourth-order valence-corrected chi connectivity index (χ4v) is 2.62. The van der Waals surface area contributed by atoms with Gasteiger partial charge >= 0.3 is 0 Å². The molecular formula is C14H16N2O. The Balaban J connectivity index is 2.11. The van der Waals surface area contributed by atoms with E-state index in [0.29, 0.717) is 12.5 Å². The monoisotopic (exact) mass is 228 g/mol. The Morgan fingerprint density at radius 3 is 3.12 bits per heavy atom. The molecule has 17 heavy (non-hydrogen) atoms. The molecule has 3 heteroatoms. The number of nitrogens with two attached hydrogens (primary N) is 1. The van der Waals surface area contributed by atoms with Crippen LogP contribution in [-0.2, 0) is 6.42 Å². The summed E-state index contributed by atoms with van der Waals surface area (Å²) in [7, 11) is 0. The van der Waals surface area contributed by atoms with Crippen LogP contribution in [0, 0.1) is 6.92 Å². The third kappa shape index (κ3) is 1.67. The van der Waals surface area contributed by atoms with E-state index in [4.69, 9.17) is 10.3 Å². The van der Waals surface area contributed by atoms with Gasteiger partial charge in [-0.15, -0.1) is 0 Å². The standard InChI is InChI=1S/C14H16N2O/c1-9-3-2-4-10(7-9)14-13-11(8-15)5-6-12(13)17-16-14/h2-4,7,11H,5-6,8,15H2,1H3. The van der Waals surface area contributed by atoms with Crippen molar-refractivity contribution in [2.75, 3.05) is 6.54 Å². The van der Waals surface area contributed by atoms with Crippen molar-refractivity contribution in [2.45, 2.75) is 25.7 Å². The summed E-state index contributed by atoms with van der Waals surface area (Å²) < 4.78 is 5.43. The molecule has 2 N–H and O–H groups in total. The van der Waals surface area contributed by atoms with E-state index in [0.717, 1.165) is 29.9 Å². The largest absolute Gasteiger partial charge is 0.360 e. The topological polar surface area (TPSA) is 52.0 Å². The van der Waals surface area contributed by atoms with E-state index in [9.17, 15) is 0 Å². The van der Waals surface area contributed by atoms with Crippen LogP contribution in [0.5, 0.6) is 0 Å². The van der Waals surface area contributed by atoms with Crippen molar-refractivity contribution in [3.63, 3.8) is 0 Å². The van der Waals surface area contributed by atoms with Gasteiger partial charge in [-0.2, -0.15) is 0 Å². The number of hydrogen-bond acceptors (Lipinski definition) is 3. The Kier molecular flexibility index (Phi) is 2.48. The first kappa shape index (κ1) is 10.5. The first-order valence-electron chi connectivity index (χ1n) is 6.05. The second kappa shape index (κ2) is 4.00. The van der Waals surface area contributed by atoms with E-state index >= 15 is 0 Å². The molecule has 0 saturated heterocycles. The van der Waals surface area contributed by atoms with Gasteiger partial charge in [0, 0.05) is 23.5 Å². The fraction of sp³-hybridized carbons (Fsp3) is 0.357. The summed E-state index contributed by atoms with van der Waals surface area (Å²) in [5, 5.41) is 4.22. The van der Waals surface area contributed by atoms with Crippen LogP contribution >= 0.6 is 0 Å². The molecule has 0 bridgehead atoms. The average Bonchev–Trinajstić information content (AvgIpc) is 2.89. The molecule has 0 spiro atoms. The van der Waals surface area contributed by atoms with Crippen LogP contribution in [0.4, 0.5) is 0 Å². The molecule has 88 valence electrons. The minimum atomic E-state index is 0.409. The van der Waals surface area contributed by atoms with Crippen molar-refractivity contribution in [2.24, 2.45) is 5.73 Å². The maximum absolute atomic E-state index is 5.82. The molecule has 3 nitrogen and oxygen atoms in total. The van der Waals surface area contributed by atoms with Crippen LogP contribution < -0.4 is 5.73 Å². The molecule has 3 rings (SSSR count). The van der Waals surface area contributed by atoms with E-state index < -0.39 is 0 Å². The Hall–Kier alpha value is -1.61. The van der Waals surface area contributed by atoms with Gasteiger partial charge in [0.25, 0.3) is 0 Å². The van der Waals surface area contributed by atoms with Crippen molar-refractivity contribution in [3.05, 3.63) is 41.2 Å². The number of fused-ring (bicyclic) bond motifs is 1. The van der Waals surface area contributed by atoms with E-state index in [1.54, 1.807) is 0 Å². The Labute approximate surface area is 101 Å². The normalized spacial score (nSPS) is 18.4. The lowest BCUT2D eigenvalue weighted by Gasteiger charge is -2.07. The third-order valence-corrected chi connectivity index (χ3v) is 3.51. The van der Waals surface area contributed by atoms with Gasteiger partial charge in [-0.25, -0.2) is 0 Å². The van der Waals surface area contributed by atoms with E-state index in [2.05, 4.69) is 36.3 Å². The lowest BCUT2D eigenvalue weighted by molar-refractivity contribution is 0.388. The number of rotatable bonds is 2. The summed E-state index contributed by atoms with van der Waals surface area (Å²) in [5.74, 6) is 1.43. The van der Waals surface area contributed by atoms with Crippen LogP contribution in [0.25, 0.3) is 11.3 Å². The quantitative estimate of drug-likeness (QED) is 0.859. The molecule has 0 aliphatic heterocycles. The number of nitrogens with zero attached hydrogens (tertiary/aromatic N) is 1. The van der Waals surface area contributed by atoms with E-state index in [1.165, 1.54) is 11.1 Å². The maximum Gasteiger partial charge on any atom is 0.140 e. The highest BCUT2D eigenvalue weighted by Gasteiger charge is 2.30. The maximum atomic E-state index is 5.82. The van der Waals surface area contributed by atoms with Crippen LogP contribution in [0.2, 0.25) is 0 Å². The lowest BCUT2D eigenvalue weighted by atomic mass is 9.97. The van der Waals surface area contributed by atoms with Gasteiger partial charge in [0.05, 0.1) is 0 Å². The predicted molar refractivity (Wildman–Crippen MR) is 66.8 cm³/mol. The minimum absolute atomic E-state index is 0.409. The zero-order chi connectivity index (χ0) is 11.8. The average molecular weight is 228 g/mol. The van der Waals surface area contributed by atoms with Crippen molar-refractivity contribution >= 4 is 0 Å². The first-order chi connectivity index (χ1) is 8.29. The fourth-order valence-electron chi connectivity index (χ4n) is 2.62. The van der Waals surface area contributed by atoms with Crippen LogP contribution in [0.3, 0.4) is 0 Å². The van der Waals surface area contributed by atoms with Gasteiger partial charge in [0.1, 0.15) is 11.5 Å². The number of hydrogen-bond donors (Lipinski definition) is 1.